The zero-order valence-corrected chi connectivity index (χ0v) is 5.71. The Morgan fingerprint density at radius 2 is 2.33 bits per heavy atom. The molecule has 0 spiro atoms. The first-order valence-electron chi connectivity index (χ1n) is 2.92. The molecule has 0 N–H and O–H groups in total. The lowest BCUT2D eigenvalue weighted by Gasteiger charge is -1.90. The first-order valence-corrected chi connectivity index (χ1v) is 2.92. The minimum atomic E-state index is 0.640. The van der Waals surface area contributed by atoms with Crippen LogP contribution in [0.15, 0.2) is 37.1 Å². The van der Waals surface area contributed by atoms with Gasteiger partial charge in [0.05, 0.1) is 6.26 Å². The van der Waals surface area contributed by atoms with Gasteiger partial charge in [-0.25, -0.2) is 0 Å². The molecule has 0 bridgehead atoms. The van der Waals surface area contributed by atoms with Gasteiger partial charge in [0.25, 0.3) is 0 Å². The van der Waals surface area contributed by atoms with Gasteiger partial charge in [-0.1, -0.05) is 24.8 Å². The van der Waals surface area contributed by atoms with E-state index in [9.17, 15) is 0 Å². The van der Waals surface area contributed by atoms with Gasteiger partial charge >= 0.3 is 0 Å². The van der Waals surface area contributed by atoms with Crippen LogP contribution >= 0.6 is 0 Å². The average molecular weight is 124 g/mol. The minimum absolute atomic E-state index is 0.640. The van der Waals surface area contributed by atoms with Gasteiger partial charge in [-0.05, 0) is 13.0 Å². The molecule has 0 aliphatic carbocycles. The normalized spacial score (nSPS) is 10.8. The smallest absolute Gasteiger partial charge is 0.105 e. The third kappa shape index (κ3) is 7.02. The van der Waals surface area contributed by atoms with Crippen molar-refractivity contribution in [3.63, 3.8) is 0 Å². The lowest BCUT2D eigenvalue weighted by molar-refractivity contribution is 0.289. The van der Waals surface area contributed by atoms with Crippen molar-refractivity contribution < 1.29 is 4.74 Å². The fourth-order valence-corrected chi connectivity index (χ4v) is 0.318. The maximum atomic E-state index is 4.98. The van der Waals surface area contributed by atoms with Crippen molar-refractivity contribution in [2.45, 2.75) is 6.92 Å². The van der Waals surface area contributed by atoms with Crippen molar-refractivity contribution >= 4 is 0 Å². The van der Waals surface area contributed by atoms with Gasteiger partial charge in [-0.2, -0.15) is 0 Å². The summed E-state index contributed by atoms with van der Waals surface area (Å²) in [5.41, 5.74) is 0. The van der Waals surface area contributed by atoms with E-state index in [4.69, 9.17) is 4.74 Å². The van der Waals surface area contributed by atoms with E-state index in [1.54, 1.807) is 18.4 Å². The van der Waals surface area contributed by atoms with Crippen LogP contribution in [0.3, 0.4) is 0 Å². The molecule has 0 aromatic carbocycles. The largest absolute Gasteiger partial charge is 0.497 e. The summed E-state index contributed by atoms with van der Waals surface area (Å²) in [6, 6.07) is 0. The first-order chi connectivity index (χ1) is 4.41. The quantitative estimate of drug-likeness (QED) is 0.242. The molecule has 0 fully saturated rings. The summed E-state index contributed by atoms with van der Waals surface area (Å²) >= 11 is 0. The molecule has 1 heteroatoms. The summed E-state index contributed by atoms with van der Waals surface area (Å²) in [4.78, 5) is 0. The zero-order chi connectivity index (χ0) is 6.95. The van der Waals surface area contributed by atoms with Crippen molar-refractivity contribution in [2.24, 2.45) is 0 Å². The second-order valence-corrected chi connectivity index (χ2v) is 1.47. The Morgan fingerprint density at radius 1 is 1.56 bits per heavy atom. The molecular formula is C8H12O. The van der Waals surface area contributed by atoms with Crippen LogP contribution in [-0.4, -0.2) is 6.61 Å². The summed E-state index contributed by atoms with van der Waals surface area (Å²) in [6.07, 6.45) is 8.93. The summed E-state index contributed by atoms with van der Waals surface area (Å²) in [5, 5.41) is 0. The van der Waals surface area contributed by atoms with E-state index in [-0.39, 0.29) is 0 Å². The van der Waals surface area contributed by atoms with Gasteiger partial charge in [0, 0.05) is 0 Å². The highest BCUT2D eigenvalue weighted by Gasteiger charge is 1.68. The molecule has 0 unspecified atom stereocenters. The van der Waals surface area contributed by atoms with E-state index in [0.717, 1.165) is 0 Å². The number of ether oxygens (including phenoxy) is 1. The molecule has 0 aromatic rings. The van der Waals surface area contributed by atoms with Crippen molar-refractivity contribution in [1.29, 1.82) is 0 Å². The summed E-state index contributed by atoms with van der Waals surface area (Å²) < 4.78 is 4.98. The van der Waals surface area contributed by atoms with Crippen molar-refractivity contribution in [1.82, 2.24) is 0 Å². The molecule has 0 atom stereocenters. The monoisotopic (exact) mass is 124 g/mol. The average Bonchev–Trinajstić information content (AvgIpc) is 1.89. The first kappa shape index (κ1) is 8.02. The Kier molecular flexibility index (Phi) is 6.26. The summed E-state index contributed by atoms with van der Waals surface area (Å²) in [7, 11) is 0. The van der Waals surface area contributed by atoms with Gasteiger partial charge in [0.2, 0.25) is 0 Å². The second kappa shape index (κ2) is 7.02. The lowest BCUT2D eigenvalue weighted by atomic mass is 10.5. The number of rotatable bonds is 4. The van der Waals surface area contributed by atoms with Gasteiger partial charge in [-0.3, -0.25) is 0 Å². The van der Waals surface area contributed by atoms with Crippen LogP contribution < -0.4 is 0 Å². The zero-order valence-electron chi connectivity index (χ0n) is 5.71. The fraction of sp³-hybridized carbons (Fsp3) is 0.250. The summed E-state index contributed by atoms with van der Waals surface area (Å²) in [6.45, 7) is 6.09. The molecule has 0 saturated heterocycles. The molecule has 0 aliphatic heterocycles. The Bertz CT molecular complexity index is 112. The Labute approximate surface area is 56.3 Å². The Balaban J connectivity index is 3.08. The van der Waals surface area contributed by atoms with Crippen LogP contribution in [0.1, 0.15) is 6.92 Å². The fourth-order valence-electron chi connectivity index (χ4n) is 0.318. The standard InChI is InChI=1S/C8H12O/c1-3-5-7-9-8-6-4-2/h3-7H,1,8H2,2H3/b6-4+,7-5?. The molecule has 0 radical (unpaired) electrons. The van der Waals surface area contributed by atoms with Crippen LogP contribution in [0.4, 0.5) is 0 Å². The topological polar surface area (TPSA) is 9.23 Å². The number of hydrogen-bond donors (Lipinski definition) is 0. The van der Waals surface area contributed by atoms with Crippen LogP contribution in [0.5, 0.6) is 0 Å². The van der Waals surface area contributed by atoms with Crippen molar-refractivity contribution in [3.8, 4) is 0 Å². The minimum Gasteiger partial charge on any atom is -0.497 e. The Hall–Kier alpha value is -0.980. The van der Waals surface area contributed by atoms with Crippen LogP contribution in [0.2, 0.25) is 0 Å². The van der Waals surface area contributed by atoms with Gasteiger partial charge in [0.15, 0.2) is 0 Å². The van der Waals surface area contributed by atoms with E-state index >= 15 is 0 Å². The highest BCUT2D eigenvalue weighted by atomic mass is 16.5. The molecule has 0 heterocycles. The van der Waals surface area contributed by atoms with E-state index in [0.29, 0.717) is 6.61 Å². The molecular weight excluding hydrogens is 112 g/mol. The van der Waals surface area contributed by atoms with Crippen LogP contribution in [-0.2, 0) is 4.74 Å². The SMILES string of the molecule is C=CC=COC/C=C/C. The van der Waals surface area contributed by atoms with E-state index in [2.05, 4.69) is 6.58 Å². The maximum Gasteiger partial charge on any atom is 0.105 e. The maximum absolute atomic E-state index is 4.98. The molecule has 9 heavy (non-hydrogen) atoms. The Morgan fingerprint density at radius 3 is 2.89 bits per heavy atom. The molecule has 0 saturated carbocycles. The van der Waals surface area contributed by atoms with Gasteiger partial charge < -0.3 is 4.74 Å². The van der Waals surface area contributed by atoms with Crippen molar-refractivity contribution in [3.05, 3.63) is 37.1 Å². The van der Waals surface area contributed by atoms with E-state index < -0.39 is 0 Å². The van der Waals surface area contributed by atoms with E-state index in [1.165, 1.54) is 0 Å². The van der Waals surface area contributed by atoms with Crippen LogP contribution in [0.25, 0.3) is 0 Å². The van der Waals surface area contributed by atoms with Crippen molar-refractivity contribution in [2.75, 3.05) is 6.61 Å². The molecule has 0 aromatic heterocycles. The third-order valence-electron chi connectivity index (χ3n) is 0.739. The van der Waals surface area contributed by atoms with Gasteiger partial charge in [0.1, 0.15) is 6.61 Å². The van der Waals surface area contributed by atoms with E-state index in [1.807, 2.05) is 19.1 Å². The van der Waals surface area contributed by atoms with Crippen LogP contribution in [0, 0.1) is 0 Å². The molecule has 0 amide bonds. The molecule has 1 nitrogen and oxygen atoms in total. The molecule has 0 rings (SSSR count). The highest BCUT2D eigenvalue weighted by molar-refractivity contribution is 4.93. The molecule has 50 valence electrons. The lowest BCUT2D eigenvalue weighted by Crippen LogP contribution is -1.78. The second-order valence-electron chi connectivity index (χ2n) is 1.47. The summed E-state index contributed by atoms with van der Waals surface area (Å²) in [5.74, 6) is 0. The highest BCUT2D eigenvalue weighted by Crippen LogP contribution is 1.79. The third-order valence-corrected chi connectivity index (χ3v) is 0.739. The molecule has 0 aliphatic rings. The number of hydrogen-bond acceptors (Lipinski definition) is 1. The predicted octanol–water partition coefficient (Wildman–Crippen LogP) is 2.28. The number of allylic oxidation sites excluding steroid dienone is 3. The van der Waals surface area contributed by atoms with Gasteiger partial charge in [-0.15, -0.1) is 0 Å². The predicted molar refractivity (Wildman–Crippen MR) is 40.1 cm³/mol.